The number of hydrogen-bond donors (Lipinski definition) is 9. The number of aliphatic imine (C=N–C) groups is 1. The van der Waals surface area contributed by atoms with Crippen molar-refractivity contribution in [2.24, 2.45) is 22.4 Å². The van der Waals surface area contributed by atoms with Crippen molar-refractivity contribution in [3.8, 4) is 0 Å². The summed E-state index contributed by atoms with van der Waals surface area (Å²) in [5.74, 6) is -5.14. The van der Waals surface area contributed by atoms with Crippen LogP contribution in [0.15, 0.2) is 4.99 Å². The quantitative estimate of drug-likeness (QED) is 0.0543. The molecule has 0 aromatic heterocycles. The zero-order valence-electron chi connectivity index (χ0n) is 24.7. The lowest BCUT2D eigenvalue weighted by atomic mass is 10.1. The molecule has 0 aliphatic carbocycles. The maximum absolute atomic E-state index is 13.2. The van der Waals surface area contributed by atoms with Crippen molar-refractivity contribution in [1.29, 1.82) is 0 Å². The number of unbranched alkanes of at least 4 members (excludes halogenated alkanes) is 1. The van der Waals surface area contributed by atoms with E-state index in [1.165, 1.54) is 0 Å². The Morgan fingerprint density at radius 3 is 2.00 bits per heavy atom. The molecule has 0 aromatic carbocycles. The lowest BCUT2D eigenvalue weighted by Crippen LogP contribution is -2.55. The van der Waals surface area contributed by atoms with Crippen molar-refractivity contribution in [1.82, 2.24) is 31.9 Å². The average Bonchev–Trinajstić information content (AvgIpc) is 2.93. The van der Waals surface area contributed by atoms with Crippen molar-refractivity contribution in [3.63, 3.8) is 0 Å². The molecule has 3 atom stereocenters. The summed E-state index contributed by atoms with van der Waals surface area (Å²) in [5.41, 5.74) is 10.7. The molecule has 17 nitrogen and oxygen atoms in total. The lowest BCUT2D eigenvalue weighted by molar-refractivity contribution is -0.140. The zero-order valence-corrected chi connectivity index (χ0v) is 24.7. The second kappa shape index (κ2) is 19.6. The molecule has 43 heavy (non-hydrogen) atoms. The number of guanidine groups is 1. The topological polar surface area (TPSA) is 276 Å². The van der Waals surface area contributed by atoms with Crippen LogP contribution in [0.5, 0.6) is 0 Å². The third-order valence-corrected chi connectivity index (χ3v) is 6.30. The van der Waals surface area contributed by atoms with Crippen LogP contribution in [-0.4, -0.2) is 96.8 Å². The Hall–Kier alpha value is -4.44. The molecule has 0 radical (unpaired) electrons. The second-order valence-corrected chi connectivity index (χ2v) is 10.6. The number of carboxylic acid groups (broad SMARTS) is 1. The molecule has 17 heteroatoms. The van der Waals surface area contributed by atoms with Gasteiger partial charge in [-0.2, -0.15) is 0 Å². The van der Waals surface area contributed by atoms with Gasteiger partial charge in [-0.3, -0.25) is 38.6 Å². The highest BCUT2D eigenvalue weighted by Gasteiger charge is 2.29. The van der Waals surface area contributed by atoms with Gasteiger partial charge in [0, 0.05) is 19.5 Å². The number of carboxylic acids is 1. The first kappa shape index (κ1) is 36.6. The summed E-state index contributed by atoms with van der Waals surface area (Å²) >= 11 is 0. The number of amides is 6. The van der Waals surface area contributed by atoms with Gasteiger partial charge in [0.2, 0.25) is 35.4 Å². The van der Waals surface area contributed by atoms with E-state index in [0.29, 0.717) is 31.7 Å². The Bertz CT molecular complexity index is 1030. The monoisotopic (exact) mass is 611 g/mol. The number of carbonyl (C=O) groups is 7. The highest BCUT2D eigenvalue weighted by molar-refractivity contribution is 5.97. The summed E-state index contributed by atoms with van der Waals surface area (Å²) in [5, 5.41) is 23.9. The van der Waals surface area contributed by atoms with Crippen LogP contribution in [-0.2, 0) is 33.6 Å². The molecule has 2 unspecified atom stereocenters. The van der Waals surface area contributed by atoms with Gasteiger partial charge in [-0.1, -0.05) is 13.8 Å². The molecule has 1 aliphatic heterocycles. The third kappa shape index (κ3) is 16.6. The summed E-state index contributed by atoms with van der Waals surface area (Å²) in [6.07, 6.45) is 1.86. The number of nitrogens with zero attached hydrogens (tertiary/aromatic N) is 1. The smallest absolute Gasteiger partial charge is 0.305 e. The van der Waals surface area contributed by atoms with Gasteiger partial charge in [-0.05, 0) is 44.4 Å². The first-order chi connectivity index (χ1) is 20.3. The average molecular weight is 612 g/mol. The molecule has 0 aromatic rings. The van der Waals surface area contributed by atoms with Gasteiger partial charge >= 0.3 is 5.97 Å². The zero-order chi connectivity index (χ0) is 32.4. The van der Waals surface area contributed by atoms with E-state index >= 15 is 0 Å². The third-order valence-electron chi connectivity index (χ3n) is 6.30. The van der Waals surface area contributed by atoms with E-state index in [1.807, 2.05) is 13.8 Å². The number of aliphatic carboxylic acids is 1. The normalized spacial score (nSPS) is 20.3. The van der Waals surface area contributed by atoms with E-state index in [2.05, 4.69) is 36.9 Å². The minimum Gasteiger partial charge on any atom is -0.481 e. The minimum atomic E-state index is -1.51. The van der Waals surface area contributed by atoms with E-state index in [4.69, 9.17) is 16.6 Å². The van der Waals surface area contributed by atoms with Crippen LogP contribution < -0.4 is 43.4 Å². The number of rotatable bonds is 14. The Morgan fingerprint density at radius 1 is 0.860 bits per heavy atom. The SMILES string of the molecule is CC(C)CCC(=O)NCCCC[C@@H]1NC(=O)CNC(=O)C(CC(=O)O)NC(=O)CNC(=O)C(CCCN=C(N)N)NC1=O. The summed E-state index contributed by atoms with van der Waals surface area (Å²) in [6.45, 7) is 3.38. The molecule has 1 fully saturated rings. The summed E-state index contributed by atoms with van der Waals surface area (Å²) in [6, 6.07) is -3.75. The van der Waals surface area contributed by atoms with Gasteiger partial charge in [0.25, 0.3) is 0 Å². The molecule has 0 spiro atoms. The van der Waals surface area contributed by atoms with Crippen molar-refractivity contribution in [2.75, 3.05) is 26.2 Å². The van der Waals surface area contributed by atoms with E-state index in [0.717, 1.165) is 6.42 Å². The van der Waals surface area contributed by atoms with Crippen LogP contribution in [0.25, 0.3) is 0 Å². The van der Waals surface area contributed by atoms with Crippen LogP contribution in [0.4, 0.5) is 0 Å². The molecule has 1 rings (SSSR count). The van der Waals surface area contributed by atoms with E-state index in [-0.39, 0.29) is 37.7 Å². The molecule has 242 valence electrons. The molecule has 6 amide bonds. The van der Waals surface area contributed by atoms with E-state index in [9.17, 15) is 33.6 Å². The molecular weight excluding hydrogens is 566 g/mol. The highest BCUT2D eigenvalue weighted by Crippen LogP contribution is 2.06. The summed E-state index contributed by atoms with van der Waals surface area (Å²) in [4.78, 5) is 90.7. The van der Waals surface area contributed by atoms with Crippen LogP contribution >= 0.6 is 0 Å². The Kier molecular flexibility index (Phi) is 16.7. The number of nitrogens with one attached hydrogen (secondary N) is 6. The summed E-state index contributed by atoms with van der Waals surface area (Å²) < 4.78 is 0. The molecule has 0 bridgehead atoms. The standard InChI is InChI=1S/C26H45N9O8/c1-15(2)8-9-19(36)29-10-4-3-6-17-25(43)35-16(7-5-11-30-26(27)28)23(41)31-14-21(38)34-18(12-22(39)40)24(42)32-13-20(37)33-17/h15-18H,3-14H2,1-2H3,(H,29,36)(H,31,41)(H,32,42)(H,33,37)(H,34,38)(H,35,43)(H,39,40)(H4,27,28,30)/t16?,17-,18?/m0/s1. The molecule has 1 heterocycles. The maximum Gasteiger partial charge on any atom is 0.305 e. The van der Waals surface area contributed by atoms with Crippen LogP contribution in [0.2, 0.25) is 0 Å². The van der Waals surface area contributed by atoms with Gasteiger partial charge in [-0.25, -0.2) is 0 Å². The van der Waals surface area contributed by atoms with Crippen molar-refractivity contribution < 1.29 is 38.7 Å². The fourth-order valence-corrected chi connectivity index (χ4v) is 3.98. The van der Waals surface area contributed by atoms with Gasteiger partial charge < -0.3 is 48.5 Å². The van der Waals surface area contributed by atoms with Gasteiger partial charge in [-0.15, -0.1) is 0 Å². The fourth-order valence-electron chi connectivity index (χ4n) is 3.98. The molecule has 0 saturated carbocycles. The Morgan fingerprint density at radius 2 is 1.42 bits per heavy atom. The van der Waals surface area contributed by atoms with Gasteiger partial charge in [0.05, 0.1) is 19.5 Å². The van der Waals surface area contributed by atoms with Crippen molar-refractivity contribution in [3.05, 3.63) is 0 Å². The largest absolute Gasteiger partial charge is 0.481 e. The predicted octanol–water partition coefficient (Wildman–Crippen LogP) is -3.06. The van der Waals surface area contributed by atoms with Gasteiger partial charge in [0.1, 0.15) is 18.1 Å². The minimum absolute atomic E-state index is 0.0758. The lowest BCUT2D eigenvalue weighted by Gasteiger charge is -2.23. The van der Waals surface area contributed by atoms with Crippen molar-refractivity contribution in [2.45, 2.75) is 83.3 Å². The number of carbonyl (C=O) groups excluding carboxylic acids is 6. The highest BCUT2D eigenvalue weighted by atomic mass is 16.4. The van der Waals surface area contributed by atoms with E-state index in [1.54, 1.807) is 0 Å². The fraction of sp³-hybridized carbons (Fsp3) is 0.692. The van der Waals surface area contributed by atoms with Crippen molar-refractivity contribution >= 4 is 47.4 Å². The first-order valence-corrected chi connectivity index (χ1v) is 14.3. The predicted molar refractivity (Wildman–Crippen MR) is 155 cm³/mol. The van der Waals surface area contributed by atoms with Gasteiger partial charge in [0.15, 0.2) is 5.96 Å². The van der Waals surface area contributed by atoms with Crippen LogP contribution in [0.3, 0.4) is 0 Å². The summed E-state index contributed by atoms with van der Waals surface area (Å²) in [7, 11) is 0. The van der Waals surface area contributed by atoms with E-state index < -0.39 is 73.1 Å². The molecule has 11 N–H and O–H groups in total. The van der Waals surface area contributed by atoms with Crippen LogP contribution in [0, 0.1) is 5.92 Å². The molecule has 1 aliphatic rings. The second-order valence-electron chi connectivity index (χ2n) is 10.6. The maximum atomic E-state index is 13.2. The number of nitrogens with two attached hydrogens (primary N) is 2. The molecular formula is C26H45N9O8. The van der Waals surface area contributed by atoms with Crippen LogP contribution in [0.1, 0.15) is 65.2 Å². The Balaban J connectivity index is 3.03. The Labute approximate surface area is 250 Å². The number of hydrogen-bond acceptors (Lipinski definition) is 8. The first-order valence-electron chi connectivity index (χ1n) is 14.3. The molecule has 1 saturated heterocycles.